The number of imidazole rings is 2. The molecule has 0 unspecified atom stereocenters. The first kappa shape index (κ1) is 17.9. The summed E-state index contributed by atoms with van der Waals surface area (Å²) in [6.45, 7) is 1.58. The number of anilines is 1. The van der Waals surface area contributed by atoms with Crippen LogP contribution in [0, 0.1) is 0 Å². The van der Waals surface area contributed by atoms with Gasteiger partial charge in [-0.15, -0.1) is 0 Å². The molecule has 5 heterocycles. The summed E-state index contributed by atoms with van der Waals surface area (Å²) in [6.07, 6.45) is 6.62. The Morgan fingerprint density at radius 1 is 1.13 bits per heavy atom. The largest absolute Gasteiger partial charge is 0.472 e. The van der Waals surface area contributed by atoms with Gasteiger partial charge < -0.3 is 18.9 Å². The lowest BCUT2D eigenvalue weighted by Gasteiger charge is -2.33. The molecule has 0 aliphatic carbocycles. The van der Waals surface area contributed by atoms with Gasteiger partial charge in [-0.3, -0.25) is 4.57 Å². The monoisotopic (exact) mass is 415 g/mol. The van der Waals surface area contributed by atoms with Crippen LogP contribution in [0.4, 0.5) is 5.82 Å². The molecule has 0 radical (unpaired) electrons. The van der Waals surface area contributed by atoms with Crippen LogP contribution in [-0.2, 0) is 7.05 Å². The van der Waals surface area contributed by atoms with Gasteiger partial charge in [-0.2, -0.15) is 0 Å². The first-order valence-electron chi connectivity index (χ1n) is 10.3. The van der Waals surface area contributed by atoms with Crippen LogP contribution in [-0.4, -0.2) is 42.2 Å². The van der Waals surface area contributed by atoms with Gasteiger partial charge in [-0.25, -0.2) is 19.7 Å². The molecule has 0 bridgehead atoms. The fourth-order valence-corrected chi connectivity index (χ4v) is 4.64. The van der Waals surface area contributed by atoms with E-state index in [4.69, 9.17) is 9.40 Å². The second-order valence-electron chi connectivity index (χ2n) is 7.91. The summed E-state index contributed by atoms with van der Waals surface area (Å²) in [5.41, 5.74) is 4.28. The standard InChI is InChI=1S/C22H21N7O2/c1-27-19(14-8-11-31-12-14)26-18-20(27)23-13-24-21(18)28-9-6-15(7-10-28)29-17-5-3-2-4-16(17)25-22(29)30/h2-5,8,11-13,15H,6-7,9-10H2,1H3,(H,25,30). The van der Waals surface area contributed by atoms with Crippen LogP contribution in [0.2, 0.25) is 0 Å². The molecule has 1 fully saturated rings. The normalized spacial score (nSPS) is 15.3. The maximum absolute atomic E-state index is 12.6. The molecule has 31 heavy (non-hydrogen) atoms. The summed E-state index contributed by atoms with van der Waals surface area (Å²) in [5.74, 6) is 1.63. The molecule has 4 aromatic heterocycles. The summed E-state index contributed by atoms with van der Waals surface area (Å²) >= 11 is 0. The third kappa shape index (κ3) is 2.77. The zero-order valence-corrected chi connectivity index (χ0v) is 17.0. The highest BCUT2D eigenvalue weighted by Gasteiger charge is 2.26. The first-order valence-corrected chi connectivity index (χ1v) is 10.3. The van der Waals surface area contributed by atoms with E-state index in [0.717, 1.165) is 65.3 Å². The van der Waals surface area contributed by atoms with E-state index >= 15 is 0 Å². The summed E-state index contributed by atoms with van der Waals surface area (Å²) in [7, 11) is 1.95. The Morgan fingerprint density at radius 2 is 1.97 bits per heavy atom. The number of benzene rings is 1. The van der Waals surface area contributed by atoms with Crippen molar-refractivity contribution in [2.75, 3.05) is 18.0 Å². The van der Waals surface area contributed by atoms with Gasteiger partial charge in [0.1, 0.15) is 18.4 Å². The van der Waals surface area contributed by atoms with Crippen molar-refractivity contribution in [3.63, 3.8) is 0 Å². The van der Waals surface area contributed by atoms with E-state index in [-0.39, 0.29) is 11.7 Å². The molecule has 5 aromatic rings. The molecule has 9 nitrogen and oxygen atoms in total. The zero-order valence-electron chi connectivity index (χ0n) is 17.0. The van der Waals surface area contributed by atoms with Crippen LogP contribution in [0.15, 0.2) is 58.4 Å². The Bertz CT molecular complexity index is 1440. The van der Waals surface area contributed by atoms with Crippen LogP contribution in [0.5, 0.6) is 0 Å². The van der Waals surface area contributed by atoms with Gasteiger partial charge in [0, 0.05) is 26.2 Å². The Kier molecular flexibility index (Phi) is 3.95. The second kappa shape index (κ2) is 6.83. The molecule has 0 amide bonds. The summed E-state index contributed by atoms with van der Waals surface area (Å²) in [6, 6.07) is 9.90. The molecule has 1 N–H and O–H groups in total. The van der Waals surface area contributed by atoms with Crippen molar-refractivity contribution in [2.24, 2.45) is 7.05 Å². The molecule has 156 valence electrons. The van der Waals surface area contributed by atoms with Crippen molar-refractivity contribution in [3.05, 3.63) is 59.7 Å². The smallest absolute Gasteiger partial charge is 0.326 e. The minimum atomic E-state index is -0.0430. The average Bonchev–Trinajstić information content (AvgIpc) is 3.51. The van der Waals surface area contributed by atoms with Crippen LogP contribution in [0.25, 0.3) is 33.6 Å². The van der Waals surface area contributed by atoms with Gasteiger partial charge in [0.15, 0.2) is 17.0 Å². The Balaban J connectivity index is 1.32. The number of hydrogen-bond acceptors (Lipinski definition) is 6. The Hall–Kier alpha value is -3.88. The van der Waals surface area contributed by atoms with Crippen molar-refractivity contribution in [3.8, 4) is 11.4 Å². The maximum Gasteiger partial charge on any atom is 0.326 e. The minimum absolute atomic E-state index is 0.0430. The molecule has 6 rings (SSSR count). The van der Waals surface area contributed by atoms with E-state index in [1.54, 1.807) is 18.9 Å². The van der Waals surface area contributed by atoms with Crippen molar-refractivity contribution in [2.45, 2.75) is 18.9 Å². The third-order valence-electron chi connectivity index (χ3n) is 6.17. The number of aromatic nitrogens is 6. The van der Waals surface area contributed by atoms with Crippen LogP contribution in [0.1, 0.15) is 18.9 Å². The molecule has 1 aromatic carbocycles. The van der Waals surface area contributed by atoms with Gasteiger partial charge in [0.25, 0.3) is 0 Å². The molecule has 1 aliphatic rings. The lowest BCUT2D eigenvalue weighted by molar-refractivity contribution is 0.395. The number of rotatable bonds is 3. The molecule has 0 atom stereocenters. The molecule has 0 spiro atoms. The SMILES string of the molecule is Cn1c(-c2ccoc2)nc2c(N3CCC(n4c(=O)[nH]c5ccccc54)CC3)ncnc21. The number of nitrogens with zero attached hydrogens (tertiary/aromatic N) is 6. The minimum Gasteiger partial charge on any atom is -0.472 e. The number of furan rings is 1. The number of para-hydroxylation sites is 2. The summed E-state index contributed by atoms with van der Waals surface area (Å²) in [4.78, 5) is 31.6. The predicted octanol–water partition coefficient (Wildman–Crippen LogP) is 3.11. The van der Waals surface area contributed by atoms with Gasteiger partial charge in [0.2, 0.25) is 0 Å². The number of H-pyrrole nitrogens is 1. The lowest BCUT2D eigenvalue weighted by Crippen LogP contribution is -2.37. The summed E-state index contributed by atoms with van der Waals surface area (Å²) in [5, 5.41) is 0. The number of piperidine rings is 1. The lowest BCUT2D eigenvalue weighted by atomic mass is 10.0. The van der Waals surface area contributed by atoms with Crippen molar-refractivity contribution in [1.29, 1.82) is 0 Å². The number of aromatic amines is 1. The number of hydrogen-bond donors (Lipinski definition) is 1. The van der Waals surface area contributed by atoms with E-state index in [1.807, 2.05) is 46.5 Å². The Labute approximate surface area is 177 Å². The predicted molar refractivity (Wildman–Crippen MR) is 117 cm³/mol. The molecular weight excluding hydrogens is 394 g/mol. The highest BCUT2D eigenvalue weighted by molar-refractivity contribution is 5.86. The molecule has 0 saturated carbocycles. The fourth-order valence-electron chi connectivity index (χ4n) is 4.64. The van der Waals surface area contributed by atoms with Gasteiger partial charge >= 0.3 is 5.69 Å². The van der Waals surface area contributed by atoms with Crippen LogP contribution in [0.3, 0.4) is 0 Å². The van der Waals surface area contributed by atoms with Crippen LogP contribution < -0.4 is 10.6 Å². The van der Waals surface area contributed by atoms with Crippen molar-refractivity contribution in [1.82, 2.24) is 29.1 Å². The average molecular weight is 415 g/mol. The van der Waals surface area contributed by atoms with E-state index in [2.05, 4.69) is 19.9 Å². The topological polar surface area (TPSA) is 97.8 Å². The summed E-state index contributed by atoms with van der Waals surface area (Å²) < 4.78 is 9.09. The van der Waals surface area contributed by atoms with Crippen molar-refractivity contribution >= 4 is 28.0 Å². The van der Waals surface area contributed by atoms with Gasteiger partial charge in [0.05, 0.1) is 22.9 Å². The third-order valence-corrected chi connectivity index (χ3v) is 6.17. The molecule has 1 aliphatic heterocycles. The number of aryl methyl sites for hydroxylation is 1. The first-order chi connectivity index (χ1) is 15.2. The number of nitrogens with one attached hydrogen (secondary N) is 1. The maximum atomic E-state index is 12.6. The highest BCUT2D eigenvalue weighted by atomic mass is 16.3. The second-order valence-corrected chi connectivity index (χ2v) is 7.91. The molecule has 1 saturated heterocycles. The Morgan fingerprint density at radius 3 is 2.77 bits per heavy atom. The van der Waals surface area contributed by atoms with Crippen molar-refractivity contribution < 1.29 is 4.42 Å². The van der Waals surface area contributed by atoms with Gasteiger partial charge in [-0.1, -0.05) is 12.1 Å². The zero-order chi connectivity index (χ0) is 20.9. The highest BCUT2D eigenvalue weighted by Crippen LogP contribution is 2.31. The van der Waals surface area contributed by atoms with E-state index in [1.165, 1.54) is 0 Å². The van der Waals surface area contributed by atoms with E-state index in [9.17, 15) is 4.79 Å². The molecular formula is C22H21N7O2. The molecule has 9 heteroatoms. The quantitative estimate of drug-likeness (QED) is 0.486. The van der Waals surface area contributed by atoms with Gasteiger partial charge in [-0.05, 0) is 31.0 Å². The van der Waals surface area contributed by atoms with E-state index < -0.39 is 0 Å². The van der Waals surface area contributed by atoms with E-state index in [0.29, 0.717) is 0 Å². The fraction of sp³-hybridized carbons (Fsp3) is 0.273. The van der Waals surface area contributed by atoms with Crippen LogP contribution >= 0.6 is 0 Å². The number of fused-ring (bicyclic) bond motifs is 2.